The van der Waals surface area contributed by atoms with Crippen molar-refractivity contribution in [3.63, 3.8) is 0 Å². The summed E-state index contributed by atoms with van der Waals surface area (Å²) < 4.78 is 34.3. The lowest BCUT2D eigenvalue weighted by atomic mass is 10.2. The van der Waals surface area contributed by atoms with Gasteiger partial charge in [-0.15, -0.1) is 11.8 Å². The van der Waals surface area contributed by atoms with Gasteiger partial charge in [-0.05, 0) is 79.9 Å². The lowest BCUT2D eigenvalue weighted by Crippen LogP contribution is -2.38. The van der Waals surface area contributed by atoms with Gasteiger partial charge in [0.15, 0.2) is 5.75 Å². The molecule has 0 saturated heterocycles. The van der Waals surface area contributed by atoms with Crippen LogP contribution >= 0.6 is 23.4 Å². The van der Waals surface area contributed by atoms with Crippen molar-refractivity contribution >= 4 is 50.7 Å². The molecule has 0 aliphatic heterocycles. The van der Waals surface area contributed by atoms with Crippen molar-refractivity contribution < 1.29 is 17.9 Å². The third-order valence-electron chi connectivity index (χ3n) is 5.44. The van der Waals surface area contributed by atoms with Gasteiger partial charge in [0, 0.05) is 9.92 Å². The van der Waals surface area contributed by atoms with E-state index in [1.54, 1.807) is 78.9 Å². The van der Waals surface area contributed by atoms with Crippen LogP contribution in [0.5, 0.6) is 11.5 Å². The summed E-state index contributed by atoms with van der Waals surface area (Å²) in [7, 11) is -4.04. The Bertz CT molecular complexity index is 1480. The number of benzene rings is 4. The van der Waals surface area contributed by atoms with Gasteiger partial charge in [0.1, 0.15) is 12.3 Å². The summed E-state index contributed by atoms with van der Waals surface area (Å²) >= 11 is 7.70. The number of rotatable bonds is 9. The molecule has 1 amide bonds. The fourth-order valence-corrected chi connectivity index (χ4v) is 5.53. The number of halogens is 1. The molecular formula is C28H25ClN2O4S2. The van der Waals surface area contributed by atoms with E-state index in [-0.39, 0.29) is 4.90 Å². The van der Waals surface area contributed by atoms with Gasteiger partial charge in [-0.2, -0.15) is 0 Å². The molecule has 0 unspecified atom stereocenters. The predicted molar refractivity (Wildman–Crippen MR) is 151 cm³/mol. The predicted octanol–water partition coefficient (Wildman–Crippen LogP) is 7.00. The van der Waals surface area contributed by atoms with E-state index < -0.39 is 22.5 Å². The highest BCUT2D eigenvalue weighted by atomic mass is 35.5. The Morgan fingerprint density at radius 1 is 0.946 bits per heavy atom. The summed E-state index contributed by atoms with van der Waals surface area (Å²) in [6.45, 7) is 1.46. The molecule has 0 spiro atoms. The Kier molecular flexibility index (Phi) is 8.43. The van der Waals surface area contributed by atoms with E-state index in [2.05, 4.69) is 5.32 Å². The second kappa shape index (κ2) is 11.7. The Morgan fingerprint density at radius 3 is 2.27 bits per heavy atom. The Hall–Kier alpha value is -3.46. The van der Waals surface area contributed by atoms with Gasteiger partial charge in [-0.1, -0.05) is 47.5 Å². The normalized spacial score (nSPS) is 11.1. The fraction of sp³-hybridized carbons (Fsp3) is 0.107. The molecule has 190 valence electrons. The molecule has 0 heterocycles. The summed E-state index contributed by atoms with van der Waals surface area (Å²) in [5.74, 6) is 0.407. The van der Waals surface area contributed by atoms with Crippen molar-refractivity contribution in [1.29, 1.82) is 0 Å². The van der Waals surface area contributed by atoms with E-state index in [1.807, 2.05) is 31.4 Å². The van der Waals surface area contributed by atoms with Gasteiger partial charge < -0.3 is 10.1 Å². The number of thioether (sulfide) groups is 1. The van der Waals surface area contributed by atoms with Crippen LogP contribution in [0.15, 0.2) is 107 Å². The largest absolute Gasteiger partial charge is 0.455 e. The molecule has 1 N–H and O–H groups in total. The highest BCUT2D eigenvalue weighted by Crippen LogP contribution is 2.32. The highest BCUT2D eigenvalue weighted by Gasteiger charge is 2.27. The lowest BCUT2D eigenvalue weighted by molar-refractivity contribution is -0.114. The number of ether oxygens (including phenoxy) is 1. The van der Waals surface area contributed by atoms with Crippen LogP contribution in [-0.2, 0) is 14.8 Å². The lowest BCUT2D eigenvalue weighted by Gasteiger charge is -2.24. The summed E-state index contributed by atoms with van der Waals surface area (Å²) in [5.41, 5.74) is 1.67. The third kappa shape index (κ3) is 6.65. The molecule has 4 aromatic carbocycles. The topological polar surface area (TPSA) is 75.7 Å². The van der Waals surface area contributed by atoms with Gasteiger partial charge in [-0.3, -0.25) is 9.10 Å². The quantitative estimate of drug-likeness (QED) is 0.226. The first-order valence-corrected chi connectivity index (χ1v) is 14.4. The second-order valence-electron chi connectivity index (χ2n) is 8.13. The molecule has 9 heteroatoms. The number of carbonyl (C=O) groups excluding carboxylic acids is 1. The van der Waals surface area contributed by atoms with Crippen molar-refractivity contribution in [2.24, 2.45) is 0 Å². The molecule has 0 saturated carbocycles. The molecule has 0 radical (unpaired) electrons. The third-order valence-corrected chi connectivity index (χ3v) is 8.21. The van der Waals surface area contributed by atoms with Gasteiger partial charge in [0.05, 0.1) is 16.3 Å². The summed E-state index contributed by atoms with van der Waals surface area (Å²) in [5, 5.41) is 3.16. The van der Waals surface area contributed by atoms with Crippen molar-refractivity contribution in [3.8, 4) is 11.5 Å². The molecule has 37 heavy (non-hydrogen) atoms. The SMILES string of the molecule is CSc1ccc(S(=O)(=O)N(CC(=O)Nc2cc(Cl)ccc2Oc2ccccc2)c2ccc(C)cc2)cc1. The van der Waals surface area contributed by atoms with E-state index >= 15 is 0 Å². The summed E-state index contributed by atoms with van der Waals surface area (Å²) in [4.78, 5) is 14.3. The van der Waals surface area contributed by atoms with E-state index in [4.69, 9.17) is 16.3 Å². The molecule has 4 aromatic rings. The average Bonchev–Trinajstić information content (AvgIpc) is 2.90. The number of hydrogen-bond donors (Lipinski definition) is 1. The molecular weight excluding hydrogens is 528 g/mol. The van der Waals surface area contributed by atoms with Crippen molar-refractivity contribution in [2.75, 3.05) is 22.4 Å². The minimum absolute atomic E-state index is 0.0922. The number of aryl methyl sites for hydroxylation is 1. The highest BCUT2D eigenvalue weighted by molar-refractivity contribution is 7.98. The van der Waals surface area contributed by atoms with Crippen LogP contribution in [-0.4, -0.2) is 27.1 Å². The summed E-state index contributed by atoms with van der Waals surface area (Å²) in [6.07, 6.45) is 1.91. The van der Waals surface area contributed by atoms with Crippen LogP contribution in [0.25, 0.3) is 0 Å². The number of hydrogen-bond acceptors (Lipinski definition) is 5. The van der Waals surface area contributed by atoms with Crippen molar-refractivity contribution in [3.05, 3.63) is 108 Å². The zero-order chi connectivity index (χ0) is 26.4. The van der Waals surface area contributed by atoms with E-state index in [0.29, 0.717) is 27.9 Å². The first kappa shape index (κ1) is 26.6. The second-order valence-corrected chi connectivity index (χ2v) is 11.3. The van der Waals surface area contributed by atoms with Gasteiger partial charge in [-0.25, -0.2) is 8.42 Å². The number of amides is 1. The molecule has 0 aromatic heterocycles. The number of anilines is 2. The maximum absolute atomic E-state index is 13.7. The van der Waals surface area contributed by atoms with Crippen molar-refractivity contribution in [2.45, 2.75) is 16.7 Å². The Morgan fingerprint density at radius 2 is 1.62 bits per heavy atom. The van der Waals surface area contributed by atoms with Crippen LogP contribution in [0.4, 0.5) is 11.4 Å². The Balaban J connectivity index is 1.63. The maximum atomic E-state index is 13.7. The molecule has 0 atom stereocenters. The zero-order valence-electron chi connectivity index (χ0n) is 20.2. The first-order valence-electron chi connectivity index (χ1n) is 11.3. The number of carbonyl (C=O) groups is 1. The van der Waals surface area contributed by atoms with Gasteiger partial charge in [0.25, 0.3) is 10.0 Å². The van der Waals surface area contributed by atoms with E-state index in [1.165, 1.54) is 11.8 Å². The maximum Gasteiger partial charge on any atom is 0.264 e. The first-order chi connectivity index (χ1) is 17.8. The molecule has 0 fully saturated rings. The van der Waals surface area contributed by atoms with Crippen LogP contribution in [0, 0.1) is 6.92 Å². The van der Waals surface area contributed by atoms with Crippen molar-refractivity contribution in [1.82, 2.24) is 0 Å². The standard InChI is InChI=1S/C28H25ClN2O4S2/c1-20-8-11-22(12-9-20)31(37(33,34)25-15-13-24(36-2)14-16-25)19-28(32)30-26-18-21(29)10-17-27(26)35-23-6-4-3-5-7-23/h3-18H,19H2,1-2H3,(H,30,32). The van der Waals surface area contributed by atoms with E-state index in [0.717, 1.165) is 14.8 Å². The monoisotopic (exact) mass is 552 g/mol. The molecule has 6 nitrogen and oxygen atoms in total. The van der Waals surface area contributed by atoms with E-state index in [9.17, 15) is 13.2 Å². The Labute approximate surface area is 226 Å². The smallest absolute Gasteiger partial charge is 0.264 e. The minimum Gasteiger partial charge on any atom is -0.455 e. The fourth-order valence-electron chi connectivity index (χ4n) is 3.53. The van der Waals surface area contributed by atoms with Crippen LogP contribution in [0.3, 0.4) is 0 Å². The number of sulfonamides is 1. The number of para-hydroxylation sites is 1. The molecule has 4 rings (SSSR count). The average molecular weight is 553 g/mol. The minimum atomic E-state index is -4.04. The number of nitrogens with zero attached hydrogens (tertiary/aromatic N) is 1. The van der Waals surface area contributed by atoms with Crippen LogP contribution in [0.1, 0.15) is 5.56 Å². The molecule has 0 aliphatic rings. The van der Waals surface area contributed by atoms with Crippen LogP contribution in [0.2, 0.25) is 5.02 Å². The molecule has 0 bridgehead atoms. The number of nitrogens with one attached hydrogen (secondary N) is 1. The van der Waals surface area contributed by atoms with Gasteiger partial charge in [0.2, 0.25) is 5.91 Å². The zero-order valence-corrected chi connectivity index (χ0v) is 22.6. The molecule has 0 aliphatic carbocycles. The van der Waals surface area contributed by atoms with Crippen LogP contribution < -0.4 is 14.4 Å². The van der Waals surface area contributed by atoms with Gasteiger partial charge >= 0.3 is 0 Å². The summed E-state index contributed by atoms with van der Waals surface area (Å²) in [6, 6.07) is 27.5.